The standard InChI is InChI=1S/C21H23N3O4/c1-3-28-18-11-14(9-10-17(18)27-2)12-23-24-21(26)19-16(13-22-20(19)25)15-7-5-4-6-8-15/h4-12,16,19H,3,13H2,1-2H3,(H,22,25)(H,24,26)/b23-12+/t16-,19+/m1/s1. The highest BCUT2D eigenvalue weighted by Crippen LogP contribution is 2.29. The summed E-state index contributed by atoms with van der Waals surface area (Å²) in [6, 6.07) is 14.9. The summed E-state index contributed by atoms with van der Waals surface area (Å²) in [5.74, 6) is -0.525. The first-order valence-corrected chi connectivity index (χ1v) is 9.10. The molecule has 2 aromatic rings. The third-order valence-corrected chi connectivity index (χ3v) is 4.57. The molecule has 7 heteroatoms. The number of nitrogens with zero attached hydrogens (tertiary/aromatic N) is 1. The molecule has 2 N–H and O–H groups in total. The molecule has 3 rings (SSSR count). The van der Waals surface area contributed by atoms with Gasteiger partial charge in [-0.2, -0.15) is 5.10 Å². The summed E-state index contributed by atoms with van der Waals surface area (Å²) < 4.78 is 10.8. The first-order chi connectivity index (χ1) is 13.6. The summed E-state index contributed by atoms with van der Waals surface area (Å²) in [5, 5.41) is 6.76. The highest BCUT2D eigenvalue weighted by atomic mass is 16.5. The molecule has 0 radical (unpaired) electrons. The minimum atomic E-state index is -0.811. The molecule has 2 atom stereocenters. The van der Waals surface area contributed by atoms with Gasteiger partial charge in [-0.15, -0.1) is 0 Å². The van der Waals surface area contributed by atoms with Crippen molar-refractivity contribution < 1.29 is 19.1 Å². The Hall–Kier alpha value is -3.35. The first kappa shape index (κ1) is 19.4. The van der Waals surface area contributed by atoms with Gasteiger partial charge in [0.2, 0.25) is 5.91 Å². The summed E-state index contributed by atoms with van der Waals surface area (Å²) in [6.45, 7) is 2.82. The zero-order valence-corrected chi connectivity index (χ0v) is 15.8. The maximum Gasteiger partial charge on any atom is 0.253 e. The van der Waals surface area contributed by atoms with E-state index >= 15 is 0 Å². The number of carbonyl (C=O) groups is 2. The molecular formula is C21H23N3O4. The van der Waals surface area contributed by atoms with Crippen LogP contribution in [0.4, 0.5) is 0 Å². The van der Waals surface area contributed by atoms with Gasteiger partial charge in [0.25, 0.3) is 5.91 Å². The zero-order chi connectivity index (χ0) is 19.9. The Morgan fingerprint density at radius 1 is 1.25 bits per heavy atom. The van der Waals surface area contributed by atoms with Crippen molar-refractivity contribution in [3.63, 3.8) is 0 Å². The lowest BCUT2D eigenvalue weighted by molar-refractivity contribution is -0.133. The van der Waals surface area contributed by atoms with Crippen LogP contribution in [0.25, 0.3) is 0 Å². The van der Waals surface area contributed by atoms with E-state index in [1.165, 1.54) is 6.21 Å². The summed E-state index contributed by atoms with van der Waals surface area (Å²) in [7, 11) is 1.57. The van der Waals surface area contributed by atoms with Crippen molar-refractivity contribution in [3.8, 4) is 11.5 Å². The van der Waals surface area contributed by atoms with Crippen molar-refractivity contribution in [1.82, 2.24) is 10.7 Å². The SMILES string of the molecule is CCOc1cc(/C=N/NC(=O)[C@@H]2C(=O)NC[C@@H]2c2ccccc2)ccc1OC. The van der Waals surface area contributed by atoms with Crippen molar-refractivity contribution in [2.75, 3.05) is 20.3 Å². The minimum absolute atomic E-state index is 0.213. The van der Waals surface area contributed by atoms with E-state index in [0.717, 1.165) is 11.1 Å². The number of amides is 2. The predicted molar refractivity (Wildman–Crippen MR) is 106 cm³/mol. The number of benzene rings is 2. The van der Waals surface area contributed by atoms with Gasteiger partial charge in [-0.05, 0) is 36.2 Å². The van der Waals surface area contributed by atoms with Crippen molar-refractivity contribution in [2.24, 2.45) is 11.0 Å². The Balaban J connectivity index is 1.69. The molecule has 0 bridgehead atoms. The van der Waals surface area contributed by atoms with Gasteiger partial charge in [0, 0.05) is 12.5 Å². The lowest BCUT2D eigenvalue weighted by atomic mass is 9.88. The molecule has 2 aromatic carbocycles. The number of hydrogen-bond acceptors (Lipinski definition) is 5. The van der Waals surface area contributed by atoms with E-state index in [-0.39, 0.29) is 11.8 Å². The molecule has 1 heterocycles. The number of hydrogen-bond donors (Lipinski definition) is 2. The van der Waals surface area contributed by atoms with Gasteiger partial charge in [0.1, 0.15) is 5.92 Å². The third kappa shape index (κ3) is 4.31. The van der Waals surface area contributed by atoms with E-state index in [9.17, 15) is 9.59 Å². The summed E-state index contributed by atoms with van der Waals surface area (Å²) >= 11 is 0. The van der Waals surface area contributed by atoms with Gasteiger partial charge in [0.15, 0.2) is 11.5 Å². The smallest absolute Gasteiger partial charge is 0.253 e. The molecule has 28 heavy (non-hydrogen) atoms. The number of hydrazone groups is 1. The lowest BCUT2D eigenvalue weighted by Gasteiger charge is -2.15. The number of ether oxygens (including phenoxy) is 2. The van der Waals surface area contributed by atoms with Crippen molar-refractivity contribution in [2.45, 2.75) is 12.8 Å². The van der Waals surface area contributed by atoms with Gasteiger partial charge in [-0.1, -0.05) is 30.3 Å². The van der Waals surface area contributed by atoms with E-state index in [0.29, 0.717) is 24.7 Å². The van der Waals surface area contributed by atoms with Gasteiger partial charge in [-0.3, -0.25) is 9.59 Å². The van der Waals surface area contributed by atoms with Crippen LogP contribution in [0.1, 0.15) is 24.0 Å². The topological polar surface area (TPSA) is 89.0 Å². The molecule has 0 unspecified atom stereocenters. The molecule has 146 valence electrons. The quantitative estimate of drug-likeness (QED) is 0.437. The van der Waals surface area contributed by atoms with Gasteiger partial charge < -0.3 is 14.8 Å². The molecular weight excluding hydrogens is 358 g/mol. The number of rotatable bonds is 7. The highest BCUT2D eigenvalue weighted by molar-refractivity contribution is 6.03. The van der Waals surface area contributed by atoms with Crippen LogP contribution in [0.15, 0.2) is 53.6 Å². The van der Waals surface area contributed by atoms with Gasteiger partial charge >= 0.3 is 0 Å². The average molecular weight is 381 g/mol. The van der Waals surface area contributed by atoms with E-state index < -0.39 is 11.8 Å². The monoisotopic (exact) mass is 381 g/mol. The molecule has 1 aliphatic heterocycles. The second-order valence-electron chi connectivity index (χ2n) is 6.32. The van der Waals surface area contributed by atoms with Crippen LogP contribution in [-0.2, 0) is 9.59 Å². The molecule has 0 saturated carbocycles. The second-order valence-corrected chi connectivity index (χ2v) is 6.32. The Kier molecular flexibility index (Phi) is 6.26. The summed E-state index contributed by atoms with van der Waals surface area (Å²) in [4.78, 5) is 24.7. The normalized spacial score (nSPS) is 18.7. The van der Waals surface area contributed by atoms with Crippen LogP contribution in [0.2, 0.25) is 0 Å². The van der Waals surface area contributed by atoms with Crippen molar-refractivity contribution >= 4 is 18.0 Å². The Morgan fingerprint density at radius 3 is 2.75 bits per heavy atom. The summed E-state index contributed by atoms with van der Waals surface area (Å²) in [6.07, 6.45) is 1.50. The fourth-order valence-corrected chi connectivity index (χ4v) is 3.22. The van der Waals surface area contributed by atoms with Crippen molar-refractivity contribution in [3.05, 3.63) is 59.7 Å². The Labute approximate surface area is 163 Å². The van der Waals surface area contributed by atoms with E-state index in [4.69, 9.17) is 9.47 Å². The van der Waals surface area contributed by atoms with Crippen LogP contribution in [0, 0.1) is 5.92 Å². The fourth-order valence-electron chi connectivity index (χ4n) is 3.22. The maximum atomic E-state index is 12.6. The largest absolute Gasteiger partial charge is 0.493 e. The van der Waals surface area contributed by atoms with Crippen LogP contribution in [0.3, 0.4) is 0 Å². The Morgan fingerprint density at radius 2 is 2.04 bits per heavy atom. The zero-order valence-electron chi connectivity index (χ0n) is 15.8. The molecule has 1 aliphatic rings. The van der Waals surface area contributed by atoms with Crippen LogP contribution in [-0.4, -0.2) is 38.3 Å². The number of carbonyl (C=O) groups excluding carboxylic acids is 2. The highest BCUT2D eigenvalue weighted by Gasteiger charge is 2.40. The second kappa shape index (κ2) is 9.03. The molecule has 0 aliphatic carbocycles. The lowest BCUT2D eigenvalue weighted by Crippen LogP contribution is -2.34. The van der Waals surface area contributed by atoms with Crippen LogP contribution < -0.4 is 20.2 Å². The molecule has 2 amide bonds. The average Bonchev–Trinajstić information content (AvgIpc) is 3.10. The van der Waals surface area contributed by atoms with E-state index in [1.54, 1.807) is 25.3 Å². The molecule has 0 spiro atoms. The molecule has 7 nitrogen and oxygen atoms in total. The summed E-state index contributed by atoms with van der Waals surface area (Å²) in [5.41, 5.74) is 4.16. The minimum Gasteiger partial charge on any atom is -0.493 e. The van der Waals surface area contributed by atoms with Gasteiger partial charge in [0.05, 0.1) is 19.9 Å². The van der Waals surface area contributed by atoms with Crippen molar-refractivity contribution in [1.29, 1.82) is 0 Å². The third-order valence-electron chi connectivity index (χ3n) is 4.57. The van der Waals surface area contributed by atoms with Crippen LogP contribution in [0.5, 0.6) is 11.5 Å². The Bertz CT molecular complexity index is 867. The molecule has 1 fully saturated rings. The molecule has 1 saturated heterocycles. The van der Waals surface area contributed by atoms with E-state index in [1.807, 2.05) is 37.3 Å². The predicted octanol–water partition coefficient (Wildman–Crippen LogP) is 2.07. The molecule has 0 aromatic heterocycles. The maximum absolute atomic E-state index is 12.6. The number of nitrogens with one attached hydrogen (secondary N) is 2. The van der Waals surface area contributed by atoms with E-state index in [2.05, 4.69) is 15.8 Å². The van der Waals surface area contributed by atoms with Crippen LogP contribution >= 0.6 is 0 Å². The fraction of sp³-hybridized carbons (Fsp3) is 0.286. The number of methoxy groups -OCH3 is 1. The first-order valence-electron chi connectivity index (χ1n) is 9.10. The van der Waals surface area contributed by atoms with Gasteiger partial charge in [-0.25, -0.2) is 5.43 Å².